The van der Waals surface area contributed by atoms with Crippen molar-refractivity contribution in [3.63, 3.8) is 0 Å². The summed E-state index contributed by atoms with van der Waals surface area (Å²) in [6, 6.07) is 47.4. The largest absolute Gasteiger partial charge is 0.478 e. The molecule has 2 atom stereocenters. The maximum absolute atomic E-state index is 6.81. The first kappa shape index (κ1) is 33.1. The van der Waals surface area contributed by atoms with Crippen molar-refractivity contribution < 1.29 is 9.47 Å². The highest BCUT2D eigenvalue weighted by molar-refractivity contribution is 5.85. The molecule has 0 radical (unpaired) electrons. The van der Waals surface area contributed by atoms with Gasteiger partial charge in [0.2, 0.25) is 0 Å². The van der Waals surface area contributed by atoms with Gasteiger partial charge in [-0.25, -0.2) is 15.0 Å². The molecule has 266 valence electrons. The van der Waals surface area contributed by atoms with Crippen LogP contribution < -0.4 is 9.47 Å². The highest BCUT2D eigenvalue weighted by atomic mass is 16.6. The molecule has 0 spiro atoms. The van der Waals surface area contributed by atoms with Gasteiger partial charge < -0.3 is 9.47 Å². The van der Waals surface area contributed by atoms with E-state index in [1.165, 1.54) is 0 Å². The van der Waals surface area contributed by atoms with Crippen LogP contribution in [0.5, 0.6) is 11.5 Å². The zero-order valence-electron chi connectivity index (χ0n) is 30.1. The van der Waals surface area contributed by atoms with Gasteiger partial charge in [0.15, 0.2) is 41.2 Å². The van der Waals surface area contributed by atoms with E-state index in [9.17, 15) is 0 Å². The lowest BCUT2D eigenvalue weighted by atomic mass is 9.93. The zero-order valence-corrected chi connectivity index (χ0v) is 30.1. The minimum absolute atomic E-state index is 0.278. The van der Waals surface area contributed by atoms with Crippen LogP contribution in [0.3, 0.4) is 0 Å². The van der Waals surface area contributed by atoms with Crippen molar-refractivity contribution >= 4 is 0 Å². The Labute approximate surface area is 324 Å². The Morgan fingerprint density at radius 3 is 1.32 bits per heavy atom. The summed E-state index contributed by atoms with van der Waals surface area (Å²) < 4.78 is 13.6. The second-order valence-corrected chi connectivity index (χ2v) is 13.7. The van der Waals surface area contributed by atoms with Gasteiger partial charge in [-0.2, -0.15) is 0 Å². The van der Waals surface area contributed by atoms with E-state index in [1.807, 2.05) is 116 Å². The molecule has 56 heavy (non-hydrogen) atoms. The van der Waals surface area contributed by atoms with Crippen molar-refractivity contribution in [2.75, 3.05) is 0 Å². The first-order valence-corrected chi connectivity index (χ1v) is 18.5. The number of allylic oxidation sites excluding steroid dienone is 2. The van der Waals surface area contributed by atoms with Gasteiger partial charge >= 0.3 is 0 Å². The number of rotatable bonds is 7. The SMILES string of the molecule is C1=CC2Oc3c(-c4ccc(-c5cc(-c6cccnc6)cc(-c6cccnc6)c5)cc4)ccc(-c4nc(-c5ccccc5)nc(-c5ccccc5)n4)c3OC2C=C1. The number of pyridine rings is 2. The molecule has 10 rings (SSSR count). The van der Waals surface area contributed by atoms with Crippen molar-refractivity contribution in [3.8, 4) is 90.2 Å². The quantitative estimate of drug-likeness (QED) is 0.162. The van der Waals surface area contributed by atoms with Gasteiger partial charge in [0, 0.05) is 52.6 Å². The summed E-state index contributed by atoms with van der Waals surface area (Å²) in [7, 11) is 0. The van der Waals surface area contributed by atoms with Crippen LogP contribution >= 0.6 is 0 Å². The summed E-state index contributed by atoms with van der Waals surface area (Å²) in [4.78, 5) is 23.7. The number of fused-ring (bicyclic) bond motifs is 2. The summed E-state index contributed by atoms with van der Waals surface area (Å²) in [5, 5.41) is 0. The van der Waals surface area contributed by atoms with E-state index >= 15 is 0 Å². The Morgan fingerprint density at radius 2 is 0.804 bits per heavy atom. The highest BCUT2D eigenvalue weighted by Crippen LogP contribution is 2.49. The molecule has 0 fully saturated rings. The molecule has 1 aliphatic heterocycles. The highest BCUT2D eigenvalue weighted by Gasteiger charge is 2.34. The van der Waals surface area contributed by atoms with Crippen molar-refractivity contribution in [1.82, 2.24) is 24.9 Å². The van der Waals surface area contributed by atoms with Crippen molar-refractivity contribution in [3.05, 3.63) is 189 Å². The van der Waals surface area contributed by atoms with E-state index in [2.05, 4.69) is 70.6 Å². The van der Waals surface area contributed by atoms with Gasteiger partial charge in [-0.3, -0.25) is 9.97 Å². The number of hydrogen-bond acceptors (Lipinski definition) is 7. The number of nitrogens with zero attached hydrogens (tertiary/aromatic N) is 5. The molecule has 2 unspecified atom stereocenters. The number of ether oxygens (including phenoxy) is 2. The molecule has 4 heterocycles. The Balaban J connectivity index is 1.08. The third-order valence-corrected chi connectivity index (χ3v) is 10.0. The second kappa shape index (κ2) is 14.4. The van der Waals surface area contributed by atoms with E-state index in [4.69, 9.17) is 24.4 Å². The molecule has 5 aromatic carbocycles. The Bertz CT molecular complexity index is 2620. The molecule has 7 nitrogen and oxygen atoms in total. The van der Waals surface area contributed by atoms with E-state index in [1.54, 1.807) is 12.4 Å². The molecular formula is C49H33N5O2. The molecule has 2 aliphatic rings. The molecule has 0 amide bonds. The number of aromatic nitrogens is 5. The Kier molecular flexibility index (Phi) is 8.50. The van der Waals surface area contributed by atoms with Crippen LogP contribution in [-0.2, 0) is 0 Å². The van der Waals surface area contributed by atoms with Gasteiger partial charge in [-0.05, 0) is 82.4 Å². The second-order valence-electron chi connectivity index (χ2n) is 13.7. The number of benzene rings is 5. The molecule has 0 saturated carbocycles. The van der Waals surface area contributed by atoms with Crippen LogP contribution in [0, 0.1) is 0 Å². The predicted octanol–water partition coefficient (Wildman–Crippen LogP) is 11.0. The Morgan fingerprint density at radius 1 is 0.357 bits per heavy atom. The van der Waals surface area contributed by atoms with E-state index in [-0.39, 0.29) is 12.2 Å². The van der Waals surface area contributed by atoms with Crippen LogP contribution in [0.2, 0.25) is 0 Å². The summed E-state index contributed by atoms with van der Waals surface area (Å²) in [5.74, 6) is 2.92. The summed E-state index contributed by atoms with van der Waals surface area (Å²) in [5.41, 5.74) is 10.9. The third-order valence-electron chi connectivity index (χ3n) is 10.0. The fourth-order valence-corrected chi connectivity index (χ4v) is 7.22. The maximum Gasteiger partial charge on any atom is 0.174 e. The topological polar surface area (TPSA) is 82.9 Å². The lowest BCUT2D eigenvalue weighted by Crippen LogP contribution is -2.38. The smallest absolute Gasteiger partial charge is 0.174 e. The lowest BCUT2D eigenvalue weighted by molar-refractivity contribution is 0.0769. The minimum Gasteiger partial charge on any atom is -0.478 e. The molecule has 0 saturated heterocycles. The average Bonchev–Trinajstić information content (AvgIpc) is 3.29. The summed E-state index contributed by atoms with van der Waals surface area (Å²) in [6.45, 7) is 0. The van der Waals surface area contributed by atoms with Gasteiger partial charge in [-0.15, -0.1) is 0 Å². The molecule has 0 N–H and O–H groups in total. The first-order chi connectivity index (χ1) is 27.7. The van der Waals surface area contributed by atoms with Crippen LogP contribution in [0.4, 0.5) is 0 Å². The van der Waals surface area contributed by atoms with Gasteiger partial charge in [-0.1, -0.05) is 109 Å². The van der Waals surface area contributed by atoms with Crippen molar-refractivity contribution in [2.24, 2.45) is 0 Å². The standard InChI is InChI=1S/C49H33N5O2/c1-3-11-34(12-4-1)47-52-48(35-13-5-2-6-14-35)54-49(53-47)42-24-23-41(45-46(42)56-44-18-8-7-17-43(44)55-45)33-21-19-32(20-22-33)38-27-39(36-15-9-25-50-30-36)29-40(28-38)37-16-10-26-51-31-37/h1-31,43-44H. The summed E-state index contributed by atoms with van der Waals surface area (Å²) >= 11 is 0. The van der Waals surface area contributed by atoms with Crippen LogP contribution in [0.1, 0.15) is 0 Å². The van der Waals surface area contributed by atoms with Crippen molar-refractivity contribution in [2.45, 2.75) is 12.2 Å². The van der Waals surface area contributed by atoms with Crippen molar-refractivity contribution in [1.29, 1.82) is 0 Å². The number of hydrogen-bond donors (Lipinski definition) is 0. The predicted molar refractivity (Wildman–Crippen MR) is 221 cm³/mol. The van der Waals surface area contributed by atoms with Crippen LogP contribution in [0.15, 0.2) is 189 Å². The van der Waals surface area contributed by atoms with Gasteiger partial charge in [0.1, 0.15) is 0 Å². The van der Waals surface area contributed by atoms with Crippen LogP contribution in [-0.4, -0.2) is 37.1 Å². The third kappa shape index (κ3) is 6.41. The monoisotopic (exact) mass is 723 g/mol. The summed E-state index contributed by atoms with van der Waals surface area (Å²) in [6.07, 6.45) is 14.9. The molecule has 8 aromatic rings. The van der Waals surface area contributed by atoms with Gasteiger partial charge in [0.05, 0.1) is 5.56 Å². The van der Waals surface area contributed by atoms with Gasteiger partial charge in [0.25, 0.3) is 0 Å². The molecule has 1 aliphatic carbocycles. The normalized spacial score (nSPS) is 15.3. The molecular weight excluding hydrogens is 691 g/mol. The molecule has 0 bridgehead atoms. The minimum atomic E-state index is -0.297. The van der Waals surface area contributed by atoms with E-state index < -0.39 is 0 Å². The fourth-order valence-electron chi connectivity index (χ4n) is 7.22. The lowest BCUT2D eigenvalue weighted by Gasteiger charge is -2.34. The van der Waals surface area contributed by atoms with E-state index in [0.29, 0.717) is 29.0 Å². The Hall–Kier alpha value is -7.51. The fraction of sp³-hybridized carbons (Fsp3) is 0.0408. The van der Waals surface area contributed by atoms with E-state index in [0.717, 1.165) is 61.2 Å². The zero-order chi connectivity index (χ0) is 37.3. The van der Waals surface area contributed by atoms with Crippen LogP contribution in [0.25, 0.3) is 78.7 Å². The average molecular weight is 724 g/mol. The maximum atomic E-state index is 6.81. The molecule has 7 heteroatoms. The molecule has 3 aromatic heterocycles. The first-order valence-electron chi connectivity index (χ1n) is 18.5.